The Labute approximate surface area is 101 Å². The lowest BCUT2D eigenvalue weighted by atomic mass is 10.1. The van der Waals surface area contributed by atoms with Crippen LogP contribution in [0.25, 0.3) is 0 Å². The minimum Gasteiger partial charge on any atom is -0.465 e. The maximum atomic E-state index is 10.5. The third-order valence-electron chi connectivity index (χ3n) is 3.12. The maximum absolute atomic E-state index is 10.5. The van der Waals surface area contributed by atoms with Gasteiger partial charge in [0.2, 0.25) is 0 Å². The van der Waals surface area contributed by atoms with E-state index in [1.807, 2.05) is 18.2 Å². The quantitative estimate of drug-likeness (QED) is 0.844. The zero-order valence-electron chi connectivity index (χ0n) is 9.85. The van der Waals surface area contributed by atoms with Gasteiger partial charge in [-0.05, 0) is 30.9 Å². The summed E-state index contributed by atoms with van der Waals surface area (Å²) in [5.74, 6) is 0. The van der Waals surface area contributed by atoms with Gasteiger partial charge in [0.05, 0.1) is 0 Å². The maximum Gasteiger partial charge on any atom is 0.404 e. The Morgan fingerprint density at radius 2 is 1.94 bits per heavy atom. The van der Waals surface area contributed by atoms with E-state index in [-0.39, 0.29) is 0 Å². The van der Waals surface area contributed by atoms with Gasteiger partial charge in [-0.2, -0.15) is 0 Å². The highest BCUT2D eigenvalue weighted by atomic mass is 16.4. The van der Waals surface area contributed by atoms with Crippen LogP contribution >= 0.6 is 0 Å². The number of para-hydroxylation sites is 1. The minimum atomic E-state index is -0.974. The molecule has 2 rings (SSSR count). The summed E-state index contributed by atoms with van der Waals surface area (Å²) < 4.78 is 0. The van der Waals surface area contributed by atoms with E-state index >= 15 is 0 Å². The van der Waals surface area contributed by atoms with Gasteiger partial charge in [-0.1, -0.05) is 18.2 Å². The van der Waals surface area contributed by atoms with E-state index in [2.05, 4.69) is 16.3 Å². The normalized spacial score (nSPS) is 15.6. The molecular weight excluding hydrogens is 216 g/mol. The molecule has 17 heavy (non-hydrogen) atoms. The third-order valence-corrected chi connectivity index (χ3v) is 3.12. The first-order valence-corrected chi connectivity index (χ1v) is 6.07. The molecule has 1 saturated heterocycles. The minimum absolute atomic E-state index is 0.377. The molecule has 0 aliphatic carbocycles. The third kappa shape index (κ3) is 3.12. The van der Waals surface area contributed by atoms with Crippen LogP contribution in [0, 0.1) is 0 Å². The summed E-state index contributed by atoms with van der Waals surface area (Å²) in [7, 11) is 0. The molecule has 0 saturated carbocycles. The number of carbonyl (C=O) groups is 1. The number of hydrogen-bond acceptors (Lipinski definition) is 2. The number of hydrogen-bond donors (Lipinski definition) is 2. The number of rotatable bonds is 3. The smallest absolute Gasteiger partial charge is 0.404 e. The SMILES string of the molecule is O=C(O)NCc1ccccc1N1CCCCC1. The van der Waals surface area contributed by atoms with Crippen LogP contribution in [0.2, 0.25) is 0 Å². The molecule has 2 N–H and O–H groups in total. The van der Waals surface area contributed by atoms with Gasteiger partial charge in [0.15, 0.2) is 0 Å². The fourth-order valence-corrected chi connectivity index (χ4v) is 2.27. The molecule has 92 valence electrons. The number of anilines is 1. The van der Waals surface area contributed by atoms with Crippen molar-refractivity contribution in [1.29, 1.82) is 0 Å². The Morgan fingerprint density at radius 3 is 2.65 bits per heavy atom. The van der Waals surface area contributed by atoms with E-state index in [1.165, 1.54) is 24.9 Å². The van der Waals surface area contributed by atoms with Crippen molar-refractivity contribution in [3.8, 4) is 0 Å². The van der Waals surface area contributed by atoms with Crippen molar-refractivity contribution in [2.24, 2.45) is 0 Å². The van der Waals surface area contributed by atoms with E-state index in [0.29, 0.717) is 6.54 Å². The molecule has 4 nitrogen and oxygen atoms in total. The van der Waals surface area contributed by atoms with E-state index < -0.39 is 6.09 Å². The molecule has 4 heteroatoms. The van der Waals surface area contributed by atoms with E-state index in [0.717, 1.165) is 18.7 Å². The van der Waals surface area contributed by atoms with Crippen LogP contribution in [0.5, 0.6) is 0 Å². The highest BCUT2D eigenvalue weighted by Gasteiger charge is 2.13. The number of piperidine rings is 1. The highest BCUT2D eigenvalue weighted by molar-refractivity contribution is 5.65. The molecule has 1 amide bonds. The second-order valence-corrected chi connectivity index (χ2v) is 4.34. The fraction of sp³-hybridized carbons (Fsp3) is 0.462. The Balaban J connectivity index is 2.11. The van der Waals surface area contributed by atoms with Crippen LogP contribution in [0.3, 0.4) is 0 Å². The molecule has 0 radical (unpaired) electrons. The van der Waals surface area contributed by atoms with Crippen LogP contribution in [-0.2, 0) is 6.54 Å². The summed E-state index contributed by atoms with van der Waals surface area (Å²) in [6.45, 7) is 2.52. The first kappa shape index (κ1) is 11.8. The number of carboxylic acid groups (broad SMARTS) is 1. The van der Waals surface area contributed by atoms with Crippen molar-refractivity contribution in [2.45, 2.75) is 25.8 Å². The van der Waals surface area contributed by atoms with Crippen molar-refractivity contribution in [3.05, 3.63) is 29.8 Å². The molecule has 0 unspecified atom stereocenters. The zero-order valence-corrected chi connectivity index (χ0v) is 9.85. The Hall–Kier alpha value is -1.71. The van der Waals surface area contributed by atoms with E-state index in [4.69, 9.17) is 5.11 Å². The molecular formula is C13H18N2O2. The molecule has 0 atom stereocenters. The largest absolute Gasteiger partial charge is 0.465 e. The van der Waals surface area contributed by atoms with Crippen molar-refractivity contribution >= 4 is 11.8 Å². The monoisotopic (exact) mass is 234 g/mol. The van der Waals surface area contributed by atoms with E-state index in [1.54, 1.807) is 0 Å². The molecule has 1 fully saturated rings. The van der Waals surface area contributed by atoms with Crippen molar-refractivity contribution < 1.29 is 9.90 Å². The topological polar surface area (TPSA) is 52.6 Å². The summed E-state index contributed by atoms with van der Waals surface area (Å²) in [6.07, 6.45) is 2.77. The number of nitrogens with zero attached hydrogens (tertiary/aromatic N) is 1. The van der Waals surface area contributed by atoms with Gasteiger partial charge in [-0.25, -0.2) is 4.79 Å². The first-order valence-electron chi connectivity index (χ1n) is 6.07. The van der Waals surface area contributed by atoms with Crippen LogP contribution in [0.1, 0.15) is 24.8 Å². The summed E-state index contributed by atoms with van der Waals surface area (Å²) in [5.41, 5.74) is 2.22. The molecule has 1 aliphatic rings. The summed E-state index contributed by atoms with van der Waals surface area (Å²) in [4.78, 5) is 12.9. The van der Waals surface area contributed by atoms with E-state index in [9.17, 15) is 4.79 Å². The van der Waals surface area contributed by atoms with Gasteiger partial charge in [-0.15, -0.1) is 0 Å². The fourth-order valence-electron chi connectivity index (χ4n) is 2.27. The van der Waals surface area contributed by atoms with Crippen molar-refractivity contribution in [3.63, 3.8) is 0 Å². The molecule has 1 heterocycles. The van der Waals surface area contributed by atoms with Crippen molar-refractivity contribution in [2.75, 3.05) is 18.0 Å². The van der Waals surface area contributed by atoms with Gasteiger partial charge in [-0.3, -0.25) is 0 Å². The highest BCUT2D eigenvalue weighted by Crippen LogP contribution is 2.23. The lowest BCUT2D eigenvalue weighted by Crippen LogP contribution is -2.31. The second kappa shape index (κ2) is 5.57. The van der Waals surface area contributed by atoms with Gasteiger partial charge in [0, 0.05) is 25.3 Å². The lowest BCUT2D eigenvalue weighted by molar-refractivity contribution is 0.194. The molecule has 1 aromatic rings. The Kier molecular flexibility index (Phi) is 3.85. The summed E-state index contributed by atoms with van der Waals surface area (Å²) >= 11 is 0. The first-order chi connectivity index (χ1) is 8.27. The summed E-state index contributed by atoms with van der Waals surface area (Å²) in [5, 5.41) is 11.1. The second-order valence-electron chi connectivity index (χ2n) is 4.34. The number of amides is 1. The van der Waals surface area contributed by atoms with Gasteiger partial charge < -0.3 is 15.3 Å². The number of benzene rings is 1. The molecule has 1 aromatic carbocycles. The van der Waals surface area contributed by atoms with Gasteiger partial charge >= 0.3 is 6.09 Å². The lowest BCUT2D eigenvalue weighted by Gasteiger charge is -2.30. The van der Waals surface area contributed by atoms with Gasteiger partial charge in [0.25, 0.3) is 0 Å². The van der Waals surface area contributed by atoms with Crippen LogP contribution in [-0.4, -0.2) is 24.3 Å². The summed E-state index contributed by atoms with van der Waals surface area (Å²) in [6, 6.07) is 8.02. The Morgan fingerprint density at radius 1 is 1.24 bits per heavy atom. The van der Waals surface area contributed by atoms with Crippen LogP contribution in [0.4, 0.5) is 10.5 Å². The molecule has 0 spiro atoms. The standard InChI is InChI=1S/C13H18N2O2/c16-13(17)14-10-11-6-2-3-7-12(11)15-8-4-1-5-9-15/h2-3,6-7,14H,1,4-5,8-10H2,(H,16,17). The van der Waals surface area contributed by atoms with Gasteiger partial charge in [0.1, 0.15) is 0 Å². The molecule has 0 bridgehead atoms. The van der Waals surface area contributed by atoms with Crippen LogP contribution in [0.15, 0.2) is 24.3 Å². The average Bonchev–Trinajstić information content (AvgIpc) is 2.38. The molecule has 1 aliphatic heterocycles. The predicted octanol–water partition coefficient (Wildman–Crippen LogP) is 2.44. The predicted molar refractivity (Wildman–Crippen MR) is 67.4 cm³/mol. The zero-order chi connectivity index (χ0) is 12.1. The Bertz CT molecular complexity index is 387. The molecule has 0 aromatic heterocycles. The number of nitrogens with one attached hydrogen (secondary N) is 1. The van der Waals surface area contributed by atoms with Crippen molar-refractivity contribution in [1.82, 2.24) is 5.32 Å². The van der Waals surface area contributed by atoms with Crippen LogP contribution < -0.4 is 10.2 Å². The average molecular weight is 234 g/mol.